The van der Waals surface area contributed by atoms with Crippen LogP contribution in [0.2, 0.25) is 0 Å². The minimum atomic E-state index is -0.505. The number of nitrogens with one attached hydrogen (secondary N) is 1. The lowest BCUT2D eigenvalue weighted by Gasteiger charge is -2.14. The molecule has 0 saturated carbocycles. The van der Waals surface area contributed by atoms with E-state index in [1.807, 2.05) is 32.9 Å². The van der Waals surface area contributed by atoms with Gasteiger partial charge in [0.25, 0.3) is 0 Å². The van der Waals surface area contributed by atoms with Gasteiger partial charge in [-0.05, 0) is 38.0 Å². The van der Waals surface area contributed by atoms with Crippen molar-refractivity contribution in [2.45, 2.75) is 33.3 Å². The van der Waals surface area contributed by atoms with Crippen LogP contribution < -0.4 is 10.1 Å². The van der Waals surface area contributed by atoms with Gasteiger partial charge in [-0.3, -0.25) is 0 Å². The number of rotatable bonds is 7. The lowest BCUT2D eigenvalue weighted by Crippen LogP contribution is -2.32. The molecule has 104 valence electrons. The van der Waals surface area contributed by atoms with Crippen LogP contribution in [0.3, 0.4) is 0 Å². The second-order valence-electron chi connectivity index (χ2n) is 4.61. The molecule has 1 unspecified atom stereocenters. The normalized spacial score (nSPS) is 11.6. The average Bonchev–Trinajstić information content (AvgIpc) is 2.39. The number of hydrogen-bond donors (Lipinski definition) is 2. The van der Waals surface area contributed by atoms with Gasteiger partial charge < -0.3 is 15.2 Å². The van der Waals surface area contributed by atoms with Crippen LogP contribution in [0.4, 0.5) is 0 Å². The molecule has 3 nitrogen and oxygen atoms in total. The Hall–Kier alpha value is -1.50. The number of hydrogen-bond acceptors (Lipinski definition) is 3. The Morgan fingerprint density at radius 2 is 2.16 bits per heavy atom. The Kier molecular flexibility index (Phi) is 7.02. The predicted octanol–water partition coefficient (Wildman–Crippen LogP) is 2.05. The molecular formula is C16H23NO2. The van der Waals surface area contributed by atoms with Gasteiger partial charge in [0.05, 0.1) is 0 Å². The van der Waals surface area contributed by atoms with Gasteiger partial charge in [-0.25, -0.2) is 0 Å². The number of aliphatic hydroxyl groups excluding tert-OH is 1. The van der Waals surface area contributed by atoms with E-state index in [0.29, 0.717) is 13.2 Å². The van der Waals surface area contributed by atoms with E-state index in [-0.39, 0.29) is 0 Å². The third-order valence-corrected chi connectivity index (χ3v) is 2.76. The highest BCUT2D eigenvalue weighted by Crippen LogP contribution is 2.19. The van der Waals surface area contributed by atoms with Crippen molar-refractivity contribution in [3.05, 3.63) is 29.3 Å². The van der Waals surface area contributed by atoms with Crippen LogP contribution in [-0.2, 0) is 0 Å². The molecule has 0 aliphatic rings. The molecule has 0 heterocycles. The van der Waals surface area contributed by atoms with Gasteiger partial charge in [0.2, 0.25) is 0 Å². The van der Waals surface area contributed by atoms with Gasteiger partial charge in [-0.2, -0.15) is 0 Å². The zero-order chi connectivity index (χ0) is 14.1. The second kappa shape index (κ2) is 8.58. The third kappa shape index (κ3) is 6.28. The Balaban J connectivity index is 2.27. The molecule has 0 spiro atoms. The Labute approximate surface area is 116 Å². The van der Waals surface area contributed by atoms with E-state index in [1.165, 1.54) is 0 Å². The van der Waals surface area contributed by atoms with Crippen molar-refractivity contribution in [1.29, 1.82) is 0 Å². The molecule has 0 fully saturated rings. The van der Waals surface area contributed by atoms with Gasteiger partial charge >= 0.3 is 0 Å². The Morgan fingerprint density at radius 3 is 2.89 bits per heavy atom. The fourth-order valence-corrected chi connectivity index (χ4v) is 1.65. The van der Waals surface area contributed by atoms with Gasteiger partial charge in [0.1, 0.15) is 18.5 Å². The van der Waals surface area contributed by atoms with E-state index in [0.717, 1.165) is 29.8 Å². The van der Waals surface area contributed by atoms with E-state index in [9.17, 15) is 5.11 Å². The highest BCUT2D eigenvalue weighted by Gasteiger charge is 2.06. The summed E-state index contributed by atoms with van der Waals surface area (Å²) >= 11 is 0. The Morgan fingerprint density at radius 1 is 1.37 bits per heavy atom. The van der Waals surface area contributed by atoms with Crippen molar-refractivity contribution in [1.82, 2.24) is 5.32 Å². The summed E-state index contributed by atoms with van der Waals surface area (Å²) in [5.74, 6) is 6.65. The fourth-order valence-electron chi connectivity index (χ4n) is 1.65. The topological polar surface area (TPSA) is 41.5 Å². The molecule has 0 aromatic heterocycles. The number of benzene rings is 1. The van der Waals surface area contributed by atoms with E-state index in [4.69, 9.17) is 4.74 Å². The van der Waals surface area contributed by atoms with Crippen LogP contribution in [0, 0.1) is 25.7 Å². The van der Waals surface area contributed by atoms with Crippen molar-refractivity contribution < 1.29 is 9.84 Å². The quantitative estimate of drug-likeness (QED) is 0.583. The first-order valence-corrected chi connectivity index (χ1v) is 6.62. The molecule has 1 atom stereocenters. The molecule has 0 radical (unpaired) electrons. The lowest BCUT2D eigenvalue weighted by atomic mass is 10.1. The van der Waals surface area contributed by atoms with Crippen LogP contribution in [0.25, 0.3) is 0 Å². The maximum absolute atomic E-state index is 9.80. The van der Waals surface area contributed by atoms with Crippen LogP contribution >= 0.6 is 0 Å². The summed E-state index contributed by atoms with van der Waals surface area (Å²) in [6.45, 7) is 7.48. The SMILES string of the molecule is CC#CCCNCC(O)COc1cc(C)ccc1C. The van der Waals surface area contributed by atoms with Crippen molar-refractivity contribution in [2.24, 2.45) is 0 Å². The van der Waals surface area contributed by atoms with Gasteiger partial charge in [-0.15, -0.1) is 11.8 Å². The van der Waals surface area contributed by atoms with Crippen molar-refractivity contribution in [2.75, 3.05) is 19.7 Å². The van der Waals surface area contributed by atoms with Crippen LogP contribution in [0.1, 0.15) is 24.5 Å². The van der Waals surface area contributed by atoms with Crippen molar-refractivity contribution in [3.63, 3.8) is 0 Å². The second-order valence-corrected chi connectivity index (χ2v) is 4.61. The molecule has 0 aliphatic heterocycles. The molecule has 0 bridgehead atoms. The summed E-state index contributed by atoms with van der Waals surface area (Å²) in [5, 5.41) is 13.0. The molecule has 19 heavy (non-hydrogen) atoms. The zero-order valence-electron chi connectivity index (χ0n) is 12.0. The smallest absolute Gasteiger partial charge is 0.122 e. The summed E-state index contributed by atoms with van der Waals surface area (Å²) < 4.78 is 5.64. The molecule has 1 rings (SSSR count). The van der Waals surface area contributed by atoms with Gasteiger partial charge in [0.15, 0.2) is 0 Å². The number of ether oxygens (including phenoxy) is 1. The molecule has 0 saturated heterocycles. The first kappa shape index (κ1) is 15.6. The predicted molar refractivity (Wildman–Crippen MR) is 78.4 cm³/mol. The molecule has 1 aromatic carbocycles. The monoisotopic (exact) mass is 261 g/mol. The Bertz CT molecular complexity index is 446. The summed E-state index contributed by atoms with van der Waals surface area (Å²) in [6.07, 6.45) is 0.302. The van der Waals surface area contributed by atoms with Crippen LogP contribution in [-0.4, -0.2) is 30.9 Å². The number of aryl methyl sites for hydroxylation is 2. The van der Waals surface area contributed by atoms with E-state index >= 15 is 0 Å². The average molecular weight is 261 g/mol. The highest BCUT2D eigenvalue weighted by atomic mass is 16.5. The maximum Gasteiger partial charge on any atom is 0.122 e. The summed E-state index contributed by atoms with van der Waals surface area (Å²) in [7, 11) is 0. The zero-order valence-corrected chi connectivity index (χ0v) is 12.0. The van der Waals surface area contributed by atoms with Gasteiger partial charge in [0, 0.05) is 19.5 Å². The summed E-state index contributed by atoms with van der Waals surface area (Å²) in [6, 6.07) is 6.07. The third-order valence-electron chi connectivity index (χ3n) is 2.76. The van der Waals surface area contributed by atoms with Crippen LogP contribution in [0.5, 0.6) is 5.75 Å². The molecule has 3 heteroatoms. The largest absolute Gasteiger partial charge is 0.491 e. The van der Waals surface area contributed by atoms with Gasteiger partial charge in [-0.1, -0.05) is 12.1 Å². The molecular weight excluding hydrogens is 238 g/mol. The minimum Gasteiger partial charge on any atom is -0.491 e. The number of aliphatic hydroxyl groups is 1. The van der Waals surface area contributed by atoms with E-state index in [1.54, 1.807) is 0 Å². The summed E-state index contributed by atoms with van der Waals surface area (Å²) in [5.41, 5.74) is 2.25. The van der Waals surface area contributed by atoms with Crippen molar-refractivity contribution >= 4 is 0 Å². The fraction of sp³-hybridized carbons (Fsp3) is 0.500. The first-order chi connectivity index (χ1) is 9.13. The molecule has 0 amide bonds. The molecule has 0 aliphatic carbocycles. The standard InChI is InChI=1S/C16H23NO2/c1-4-5-6-9-17-11-15(18)12-19-16-10-13(2)7-8-14(16)3/h7-8,10,15,17-18H,6,9,11-12H2,1-3H3. The first-order valence-electron chi connectivity index (χ1n) is 6.62. The van der Waals surface area contributed by atoms with Crippen LogP contribution in [0.15, 0.2) is 18.2 Å². The highest BCUT2D eigenvalue weighted by molar-refractivity contribution is 5.35. The molecule has 1 aromatic rings. The van der Waals surface area contributed by atoms with E-state index < -0.39 is 6.10 Å². The minimum absolute atomic E-state index is 0.302. The molecule has 2 N–H and O–H groups in total. The summed E-state index contributed by atoms with van der Waals surface area (Å²) in [4.78, 5) is 0. The lowest BCUT2D eigenvalue weighted by molar-refractivity contribution is 0.106. The maximum atomic E-state index is 9.80. The van der Waals surface area contributed by atoms with E-state index in [2.05, 4.69) is 23.2 Å². The van der Waals surface area contributed by atoms with Crippen molar-refractivity contribution in [3.8, 4) is 17.6 Å².